The first-order valence-corrected chi connectivity index (χ1v) is 10.8. The Balaban J connectivity index is 1.54. The van der Waals surface area contributed by atoms with Crippen LogP contribution in [0.3, 0.4) is 0 Å². The van der Waals surface area contributed by atoms with Crippen LogP contribution >= 0.6 is 0 Å². The summed E-state index contributed by atoms with van der Waals surface area (Å²) in [6, 6.07) is 16.5. The minimum absolute atomic E-state index is 0.00289. The second-order valence-electron chi connectivity index (χ2n) is 8.30. The zero-order valence-corrected chi connectivity index (χ0v) is 18.0. The molecule has 1 aliphatic carbocycles. The predicted octanol–water partition coefficient (Wildman–Crippen LogP) is 4.34. The third-order valence-electron chi connectivity index (χ3n) is 6.64. The largest absolute Gasteiger partial charge is 0.278 e. The second-order valence-corrected chi connectivity index (χ2v) is 8.30. The van der Waals surface area contributed by atoms with Gasteiger partial charge in [0.05, 0.1) is 16.8 Å². The molecule has 3 amide bonds. The lowest BCUT2D eigenvalue weighted by atomic mass is 9.68. The average molecular weight is 418 g/mol. The molecule has 0 aromatic heterocycles. The van der Waals surface area contributed by atoms with Crippen molar-refractivity contribution in [3.63, 3.8) is 0 Å². The molecule has 0 saturated heterocycles. The lowest BCUT2D eigenvalue weighted by Crippen LogP contribution is -2.48. The fourth-order valence-electron chi connectivity index (χ4n) is 4.87. The zero-order valence-electron chi connectivity index (χ0n) is 18.0. The number of carbonyl (C=O) groups is 3. The summed E-state index contributed by atoms with van der Waals surface area (Å²) in [7, 11) is 0. The van der Waals surface area contributed by atoms with Gasteiger partial charge in [-0.1, -0.05) is 43.3 Å². The number of anilines is 1. The Labute approximate surface area is 182 Å². The molecule has 0 radical (unpaired) electrons. The number of imide groups is 1. The number of carbonyl (C=O) groups excluding carboxylic acids is 3. The van der Waals surface area contributed by atoms with Gasteiger partial charge in [0.1, 0.15) is 0 Å². The number of rotatable bonds is 5. The van der Waals surface area contributed by atoms with Crippen molar-refractivity contribution >= 4 is 29.6 Å². The van der Waals surface area contributed by atoms with Crippen LogP contribution in [-0.4, -0.2) is 34.9 Å². The summed E-state index contributed by atoms with van der Waals surface area (Å²) in [5, 5.41) is 6.19. The van der Waals surface area contributed by atoms with E-state index in [0.29, 0.717) is 44.1 Å². The maximum Gasteiger partial charge on any atom is 0.260 e. The first-order valence-electron chi connectivity index (χ1n) is 10.8. The Bertz CT molecular complexity index is 1020. The van der Waals surface area contributed by atoms with Crippen LogP contribution in [0.5, 0.6) is 0 Å². The van der Waals surface area contributed by atoms with Gasteiger partial charge < -0.3 is 0 Å². The Morgan fingerprint density at radius 2 is 1.77 bits per heavy atom. The Kier molecular flexibility index (Phi) is 5.72. The number of hydrogen-bond donors (Lipinski definition) is 0. The van der Waals surface area contributed by atoms with Crippen LogP contribution in [0.25, 0.3) is 0 Å². The van der Waals surface area contributed by atoms with Gasteiger partial charge >= 0.3 is 0 Å². The van der Waals surface area contributed by atoms with Gasteiger partial charge in [-0.15, -0.1) is 0 Å². The summed E-state index contributed by atoms with van der Waals surface area (Å²) in [5.74, 6) is -0.279. The van der Waals surface area contributed by atoms with E-state index in [4.69, 9.17) is 0 Å². The number of amides is 3. The molecule has 2 aliphatic rings. The van der Waals surface area contributed by atoms with Crippen LogP contribution in [-0.2, 0) is 9.59 Å². The molecule has 1 fully saturated rings. The van der Waals surface area contributed by atoms with Crippen LogP contribution in [0.2, 0.25) is 0 Å². The maximum absolute atomic E-state index is 13.5. The van der Waals surface area contributed by atoms with Crippen molar-refractivity contribution in [3.05, 3.63) is 65.7 Å². The first kappa shape index (κ1) is 21.0. The number of benzene rings is 2. The molecule has 0 unspecified atom stereocenters. The molecule has 1 saturated carbocycles. The molecule has 0 bridgehead atoms. The van der Waals surface area contributed by atoms with Gasteiger partial charge in [0, 0.05) is 11.6 Å². The van der Waals surface area contributed by atoms with Crippen LogP contribution in [0.15, 0.2) is 59.7 Å². The molecule has 6 nitrogen and oxygen atoms in total. The van der Waals surface area contributed by atoms with Crippen LogP contribution < -0.4 is 5.01 Å². The molecule has 4 rings (SSSR count). The minimum atomic E-state index is -0.638. The van der Waals surface area contributed by atoms with E-state index in [9.17, 15) is 14.4 Å². The second kappa shape index (κ2) is 8.46. The van der Waals surface area contributed by atoms with Crippen molar-refractivity contribution in [2.24, 2.45) is 10.5 Å². The summed E-state index contributed by atoms with van der Waals surface area (Å²) in [6.45, 7) is 3.89. The fourth-order valence-corrected chi connectivity index (χ4v) is 4.87. The van der Waals surface area contributed by atoms with Crippen LogP contribution in [0, 0.1) is 12.3 Å². The maximum atomic E-state index is 13.5. The van der Waals surface area contributed by atoms with Crippen molar-refractivity contribution in [1.82, 2.24) is 4.90 Å². The van der Waals surface area contributed by atoms with E-state index in [-0.39, 0.29) is 17.9 Å². The van der Waals surface area contributed by atoms with Crippen molar-refractivity contribution < 1.29 is 14.4 Å². The molecular formula is C25H27N3O3. The Morgan fingerprint density at radius 1 is 1.13 bits per heavy atom. The number of hydrazone groups is 1. The van der Waals surface area contributed by atoms with Crippen molar-refractivity contribution in [2.75, 3.05) is 5.01 Å². The van der Waals surface area contributed by atoms with E-state index in [2.05, 4.69) is 5.10 Å². The standard InChI is InChI=1S/C25H27N3O3/c1-3-22-25(24(31)28(26-22)20-10-5-4-6-11-20)15-13-19(14-16-25)27(17-29)23(30)21-12-8-7-9-18(21)2/h4-12,17,19H,3,13-16H2,1-2H3/t19-,25-. The van der Waals surface area contributed by atoms with Gasteiger partial charge in [-0.25, -0.2) is 0 Å². The summed E-state index contributed by atoms with van der Waals surface area (Å²) >= 11 is 0. The zero-order chi connectivity index (χ0) is 22.0. The molecule has 2 aromatic carbocycles. The molecule has 31 heavy (non-hydrogen) atoms. The van der Waals surface area contributed by atoms with Gasteiger partial charge in [0.2, 0.25) is 6.41 Å². The topological polar surface area (TPSA) is 70.1 Å². The highest BCUT2D eigenvalue weighted by Crippen LogP contribution is 2.46. The number of aryl methyl sites for hydroxylation is 1. The van der Waals surface area contributed by atoms with Crippen LogP contribution in [0.1, 0.15) is 54.9 Å². The molecule has 0 atom stereocenters. The number of hydrogen-bond acceptors (Lipinski definition) is 4. The lowest BCUT2D eigenvalue weighted by molar-refractivity contribution is -0.126. The smallest absolute Gasteiger partial charge is 0.260 e. The van der Waals surface area contributed by atoms with Crippen LogP contribution in [0.4, 0.5) is 5.69 Å². The molecular weight excluding hydrogens is 390 g/mol. The quantitative estimate of drug-likeness (QED) is 0.680. The van der Waals surface area contributed by atoms with Crippen molar-refractivity contribution in [1.29, 1.82) is 0 Å². The normalized spacial score (nSPS) is 23.0. The van der Waals surface area contributed by atoms with Gasteiger partial charge in [-0.3, -0.25) is 19.3 Å². The average Bonchev–Trinajstić information content (AvgIpc) is 3.07. The highest BCUT2D eigenvalue weighted by Gasteiger charge is 2.52. The molecule has 1 spiro atoms. The van der Waals surface area contributed by atoms with Crippen molar-refractivity contribution in [2.45, 2.75) is 52.0 Å². The molecule has 0 N–H and O–H groups in total. The van der Waals surface area contributed by atoms with Gasteiger partial charge in [-0.05, 0) is 62.8 Å². The highest BCUT2D eigenvalue weighted by molar-refractivity contribution is 6.19. The third kappa shape index (κ3) is 3.56. The summed E-state index contributed by atoms with van der Waals surface area (Å²) in [4.78, 5) is 39.7. The fraction of sp³-hybridized carbons (Fsp3) is 0.360. The van der Waals surface area contributed by atoms with E-state index >= 15 is 0 Å². The Morgan fingerprint density at radius 3 is 2.39 bits per heavy atom. The number of para-hydroxylation sites is 1. The van der Waals surface area contributed by atoms with E-state index in [0.717, 1.165) is 17.0 Å². The highest BCUT2D eigenvalue weighted by atomic mass is 16.2. The summed E-state index contributed by atoms with van der Waals surface area (Å²) < 4.78 is 0. The van der Waals surface area contributed by atoms with Gasteiger partial charge in [0.15, 0.2) is 0 Å². The minimum Gasteiger partial charge on any atom is -0.278 e. The van der Waals surface area contributed by atoms with Crippen molar-refractivity contribution in [3.8, 4) is 0 Å². The van der Waals surface area contributed by atoms with E-state index in [1.165, 1.54) is 9.91 Å². The molecule has 160 valence electrons. The number of nitrogens with zero attached hydrogens (tertiary/aromatic N) is 3. The van der Waals surface area contributed by atoms with E-state index in [1.54, 1.807) is 12.1 Å². The molecule has 1 aliphatic heterocycles. The van der Waals surface area contributed by atoms with Gasteiger partial charge in [0.25, 0.3) is 11.8 Å². The molecule has 2 aromatic rings. The summed E-state index contributed by atoms with van der Waals surface area (Å²) in [5.41, 5.74) is 2.40. The monoisotopic (exact) mass is 417 g/mol. The third-order valence-corrected chi connectivity index (χ3v) is 6.64. The van der Waals surface area contributed by atoms with E-state index in [1.807, 2.05) is 56.3 Å². The summed E-state index contributed by atoms with van der Waals surface area (Å²) in [6.07, 6.45) is 3.67. The van der Waals surface area contributed by atoms with Gasteiger partial charge in [-0.2, -0.15) is 10.1 Å². The van der Waals surface area contributed by atoms with E-state index < -0.39 is 5.41 Å². The lowest BCUT2D eigenvalue weighted by Gasteiger charge is -2.39. The molecule has 6 heteroatoms. The Hall–Kier alpha value is -3.28. The predicted molar refractivity (Wildman–Crippen MR) is 120 cm³/mol. The first-order chi connectivity index (χ1) is 15.0. The SMILES string of the molecule is CCC1=NN(c2ccccc2)C(=O)[C@]12CC[C@H](N(C=O)C(=O)c1ccccc1C)CC2. The molecule has 1 heterocycles.